The predicted octanol–water partition coefficient (Wildman–Crippen LogP) is 2.71. The largest absolute Gasteiger partial charge is 0.343 e. The lowest BCUT2D eigenvalue weighted by molar-refractivity contribution is 0.512. The molecular formula is C15H22N4OS. The first-order chi connectivity index (χ1) is 10.2. The van der Waals surface area contributed by atoms with Crippen molar-refractivity contribution in [3.05, 3.63) is 40.3 Å². The first-order valence-corrected chi connectivity index (χ1v) is 8.10. The summed E-state index contributed by atoms with van der Waals surface area (Å²) in [6.07, 6.45) is 2.14. The maximum absolute atomic E-state index is 11.5. The van der Waals surface area contributed by atoms with E-state index in [1.54, 1.807) is 7.05 Å². The first-order valence-electron chi connectivity index (χ1n) is 7.28. The van der Waals surface area contributed by atoms with Crippen molar-refractivity contribution in [1.29, 1.82) is 0 Å². The standard InChI is InChI=1S/C15H22N4OS/c1-4-10-16-12(5-2)11-8-6-7-9-13(11)21-15-18-17-14(20)19(15)3/h6-9,12,16H,4-5,10H2,1-3H3,(H,17,20). The number of H-pyrrole nitrogens is 1. The summed E-state index contributed by atoms with van der Waals surface area (Å²) in [5, 5.41) is 10.8. The molecular weight excluding hydrogens is 284 g/mol. The van der Waals surface area contributed by atoms with Crippen molar-refractivity contribution in [2.75, 3.05) is 6.54 Å². The molecule has 0 spiro atoms. The zero-order chi connectivity index (χ0) is 15.2. The fourth-order valence-electron chi connectivity index (χ4n) is 2.18. The monoisotopic (exact) mass is 306 g/mol. The Morgan fingerprint density at radius 2 is 2.14 bits per heavy atom. The topological polar surface area (TPSA) is 62.7 Å². The normalized spacial score (nSPS) is 12.5. The first kappa shape index (κ1) is 15.9. The maximum Gasteiger partial charge on any atom is 0.343 e. The Kier molecular flexibility index (Phi) is 5.64. The van der Waals surface area contributed by atoms with Crippen molar-refractivity contribution in [1.82, 2.24) is 20.1 Å². The van der Waals surface area contributed by atoms with Gasteiger partial charge in [0.05, 0.1) is 0 Å². The number of benzene rings is 1. The van der Waals surface area contributed by atoms with Gasteiger partial charge in [-0.25, -0.2) is 9.89 Å². The highest BCUT2D eigenvalue weighted by atomic mass is 32.2. The van der Waals surface area contributed by atoms with Gasteiger partial charge in [-0.2, -0.15) is 0 Å². The number of hydrogen-bond donors (Lipinski definition) is 2. The number of aromatic amines is 1. The average molecular weight is 306 g/mol. The number of rotatable bonds is 7. The van der Waals surface area contributed by atoms with E-state index in [-0.39, 0.29) is 5.69 Å². The highest BCUT2D eigenvalue weighted by molar-refractivity contribution is 7.99. The second-order valence-electron chi connectivity index (χ2n) is 4.93. The minimum absolute atomic E-state index is 0.189. The lowest BCUT2D eigenvalue weighted by atomic mass is 10.0. The van der Waals surface area contributed by atoms with Crippen molar-refractivity contribution >= 4 is 11.8 Å². The van der Waals surface area contributed by atoms with Crippen molar-refractivity contribution in [2.24, 2.45) is 7.05 Å². The van der Waals surface area contributed by atoms with E-state index >= 15 is 0 Å². The molecule has 114 valence electrons. The summed E-state index contributed by atoms with van der Waals surface area (Å²) >= 11 is 1.52. The van der Waals surface area contributed by atoms with Crippen molar-refractivity contribution in [3.8, 4) is 0 Å². The molecule has 1 aromatic heterocycles. The minimum Gasteiger partial charge on any atom is -0.310 e. The lowest BCUT2D eigenvalue weighted by Crippen LogP contribution is -2.22. The molecule has 0 aliphatic carbocycles. The molecule has 1 atom stereocenters. The van der Waals surface area contributed by atoms with Crippen molar-refractivity contribution < 1.29 is 0 Å². The second-order valence-corrected chi connectivity index (χ2v) is 5.93. The third kappa shape index (κ3) is 3.77. The van der Waals surface area contributed by atoms with Crippen LogP contribution in [0, 0.1) is 0 Å². The fourth-order valence-corrected chi connectivity index (χ4v) is 3.16. The molecule has 2 rings (SSSR count). The van der Waals surface area contributed by atoms with Crippen LogP contribution in [0.1, 0.15) is 38.3 Å². The van der Waals surface area contributed by atoms with Gasteiger partial charge in [-0.1, -0.05) is 32.0 Å². The van der Waals surface area contributed by atoms with Gasteiger partial charge in [-0.3, -0.25) is 4.57 Å². The summed E-state index contributed by atoms with van der Waals surface area (Å²) < 4.78 is 1.53. The van der Waals surface area contributed by atoms with Gasteiger partial charge in [0.2, 0.25) is 0 Å². The Hall–Kier alpha value is -1.53. The molecule has 0 bridgehead atoms. The van der Waals surface area contributed by atoms with Crippen LogP contribution in [0.15, 0.2) is 39.1 Å². The summed E-state index contributed by atoms with van der Waals surface area (Å²) in [6.45, 7) is 5.34. The van der Waals surface area contributed by atoms with E-state index in [9.17, 15) is 4.79 Å². The van der Waals surface area contributed by atoms with Gasteiger partial charge in [0.1, 0.15) is 0 Å². The molecule has 2 aromatic rings. The molecule has 0 radical (unpaired) electrons. The van der Waals surface area contributed by atoms with Crippen LogP contribution >= 0.6 is 11.8 Å². The van der Waals surface area contributed by atoms with E-state index < -0.39 is 0 Å². The van der Waals surface area contributed by atoms with E-state index in [0.717, 1.165) is 24.3 Å². The number of hydrogen-bond acceptors (Lipinski definition) is 4. The van der Waals surface area contributed by atoms with Gasteiger partial charge < -0.3 is 5.32 Å². The van der Waals surface area contributed by atoms with Crippen LogP contribution in [-0.2, 0) is 7.05 Å². The van der Waals surface area contributed by atoms with Gasteiger partial charge in [0.15, 0.2) is 5.16 Å². The molecule has 2 N–H and O–H groups in total. The second kappa shape index (κ2) is 7.47. The Labute approximate surface area is 129 Å². The average Bonchev–Trinajstić information content (AvgIpc) is 2.81. The minimum atomic E-state index is -0.189. The molecule has 0 fully saturated rings. The fraction of sp³-hybridized carbons (Fsp3) is 0.467. The maximum atomic E-state index is 11.5. The summed E-state index contributed by atoms with van der Waals surface area (Å²) in [6, 6.07) is 8.62. The summed E-state index contributed by atoms with van der Waals surface area (Å²) in [7, 11) is 1.73. The van der Waals surface area contributed by atoms with Crippen LogP contribution in [0.5, 0.6) is 0 Å². The zero-order valence-electron chi connectivity index (χ0n) is 12.7. The van der Waals surface area contributed by atoms with Crippen molar-refractivity contribution in [3.63, 3.8) is 0 Å². The predicted molar refractivity (Wildman–Crippen MR) is 85.7 cm³/mol. The highest BCUT2D eigenvalue weighted by Crippen LogP contribution is 2.32. The van der Waals surface area contributed by atoms with Crippen LogP contribution < -0.4 is 11.0 Å². The molecule has 0 saturated heterocycles. The molecule has 0 aliphatic rings. The molecule has 1 aromatic carbocycles. The molecule has 5 nitrogen and oxygen atoms in total. The summed E-state index contributed by atoms with van der Waals surface area (Å²) in [5.41, 5.74) is 1.07. The summed E-state index contributed by atoms with van der Waals surface area (Å²) in [4.78, 5) is 12.6. The molecule has 6 heteroatoms. The molecule has 1 unspecified atom stereocenters. The molecule has 0 aliphatic heterocycles. The van der Waals surface area contributed by atoms with Gasteiger partial charge >= 0.3 is 5.69 Å². The Morgan fingerprint density at radius 3 is 2.76 bits per heavy atom. The Balaban J connectivity index is 2.27. The lowest BCUT2D eigenvalue weighted by Gasteiger charge is -2.19. The SMILES string of the molecule is CCCNC(CC)c1ccccc1Sc1n[nH]c(=O)n1C. The molecule has 1 heterocycles. The van der Waals surface area contributed by atoms with Crippen LogP contribution in [0.2, 0.25) is 0 Å². The van der Waals surface area contributed by atoms with E-state index in [1.807, 2.05) is 6.07 Å². The third-order valence-electron chi connectivity index (χ3n) is 3.38. The smallest absolute Gasteiger partial charge is 0.310 e. The molecule has 21 heavy (non-hydrogen) atoms. The van der Waals surface area contributed by atoms with Crippen LogP contribution in [-0.4, -0.2) is 21.3 Å². The summed E-state index contributed by atoms with van der Waals surface area (Å²) in [5.74, 6) is 0. The third-order valence-corrected chi connectivity index (χ3v) is 4.52. The molecule has 0 saturated carbocycles. The van der Waals surface area contributed by atoms with Crippen LogP contribution in [0.25, 0.3) is 0 Å². The van der Waals surface area contributed by atoms with Crippen molar-refractivity contribution in [2.45, 2.75) is 42.8 Å². The number of nitrogens with one attached hydrogen (secondary N) is 2. The van der Waals surface area contributed by atoms with E-state index in [2.05, 4.69) is 47.6 Å². The van der Waals surface area contributed by atoms with Gasteiger partial charge in [-0.15, -0.1) is 5.10 Å². The number of nitrogens with zero attached hydrogens (tertiary/aromatic N) is 2. The van der Waals surface area contributed by atoms with Gasteiger partial charge in [-0.05, 0) is 42.8 Å². The highest BCUT2D eigenvalue weighted by Gasteiger charge is 2.15. The quantitative estimate of drug-likeness (QED) is 0.825. The van der Waals surface area contributed by atoms with Gasteiger partial charge in [0.25, 0.3) is 0 Å². The Bertz CT molecular complexity index is 635. The van der Waals surface area contributed by atoms with E-state index in [0.29, 0.717) is 11.2 Å². The molecule has 0 amide bonds. The number of aromatic nitrogens is 3. The van der Waals surface area contributed by atoms with E-state index in [1.165, 1.54) is 21.9 Å². The Morgan fingerprint density at radius 1 is 1.38 bits per heavy atom. The van der Waals surface area contributed by atoms with Gasteiger partial charge in [0, 0.05) is 18.0 Å². The van der Waals surface area contributed by atoms with Crippen LogP contribution in [0.4, 0.5) is 0 Å². The van der Waals surface area contributed by atoms with Crippen LogP contribution in [0.3, 0.4) is 0 Å². The van der Waals surface area contributed by atoms with E-state index in [4.69, 9.17) is 0 Å². The zero-order valence-corrected chi connectivity index (χ0v) is 13.5.